The molecule has 1 heterocycles. The van der Waals surface area contributed by atoms with Crippen LogP contribution in [0.3, 0.4) is 0 Å². The summed E-state index contributed by atoms with van der Waals surface area (Å²) in [4.78, 5) is 11.7. The molecule has 3 unspecified atom stereocenters. The number of carbonyl (C=O) groups excluding carboxylic acids is 1. The standard InChI is InChI=1S/C30H50O4/c1-19(2)8-7-9-20(3)24-10-11-25-23-17-29(18-33-29)30(32)16-22(34-21(4)31)12-15-28(30,6)26(23)13-14-27(24,25)5/h19-20,22-26,32H,7-18H2,1-6H3/t20-,22?,23+,24-,25+,26+,27-,28-,29?,30?/m1/s1. The second-order valence-corrected chi connectivity index (χ2v) is 14.1. The Labute approximate surface area is 207 Å². The summed E-state index contributed by atoms with van der Waals surface area (Å²) in [5, 5.41) is 12.3. The molecule has 194 valence electrons. The SMILES string of the molecule is CC(=O)OC1CC[C@]2(C)[C@H]3CC[C@]4(C)[C@@H]([C@H](C)CCCC(C)C)CC[C@H]4[C@@H]3CC3(CO3)C2(O)C1. The predicted octanol–water partition coefficient (Wildman–Crippen LogP) is 6.53. The van der Waals surface area contributed by atoms with Gasteiger partial charge in [0.25, 0.3) is 0 Å². The molecule has 5 fully saturated rings. The molecule has 4 aliphatic carbocycles. The molecule has 5 rings (SSSR count). The average Bonchev–Trinajstić information content (AvgIpc) is 3.44. The Hall–Kier alpha value is -0.610. The van der Waals surface area contributed by atoms with Crippen molar-refractivity contribution in [2.24, 2.45) is 46.3 Å². The lowest BCUT2D eigenvalue weighted by Crippen LogP contribution is -2.70. The first-order valence-electron chi connectivity index (χ1n) is 14.5. The van der Waals surface area contributed by atoms with E-state index in [4.69, 9.17) is 9.47 Å². The first-order valence-corrected chi connectivity index (χ1v) is 14.5. The largest absolute Gasteiger partial charge is 0.462 e. The molecule has 0 aromatic carbocycles. The topological polar surface area (TPSA) is 59.1 Å². The van der Waals surface area contributed by atoms with Crippen molar-refractivity contribution in [3.63, 3.8) is 0 Å². The number of ether oxygens (including phenoxy) is 2. The number of aliphatic hydroxyl groups is 1. The molecule has 0 radical (unpaired) electrons. The van der Waals surface area contributed by atoms with E-state index < -0.39 is 11.2 Å². The summed E-state index contributed by atoms with van der Waals surface area (Å²) in [5.74, 6) is 4.20. The number of carbonyl (C=O) groups is 1. The molecule has 1 saturated heterocycles. The van der Waals surface area contributed by atoms with E-state index in [1.54, 1.807) is 0 Å². The minimum Gasteiger partial charge on any atom is -0.462 e. The summed E-state index contributed by atoms with van der Waals surface area (Å²) in [6.07, 6.45) is 12.6. The van der Waals surface area contributed by atoms with E-state index in [0.717, 1.165) is 42.9 Å². The lowest BCUT2D eigenvalue weighted by Gasteiger charge is -2.66. The highest BCUT2D eigenvalue weighted by Gasteiger charge is 2.77. The molecule has 4 heteroatoms. The molecule has 1 aliphatic heterocycles. The third-order valence-electron chi connectivity index (χ3n) is 12.1. The van der Waals surface area contributed by atoms with E-state index in [0.29, 0.717) is 30.3 Å². The van der Waals surface area contributed by atoms with E-state index in [-0.39, 0.29) is 17.5 Å². The van der Waals surface area contributed by atoms with Crippen LogP contribution in [-0.4, -0.2) is 35.0 Å². The Morgan fingerprint density at radius 3 is 2.41 bits per heavy atom. The zero-order valence-electron chi connectivity index (χ0n) is 22.7. The van der Waals surface area contributed by atoms with Crippen molar-refractivity contribution in [3.05, 3.63) is 0 Å². The van der Waals surface area contributed by atoms with Crippen LogP contribution in [0.5, 0.6) is 0 Å². The fourth-order valence-corrected chi connectivity index (χ4v) is 10.2. The molecule has 34 heavy (non-hydrogen) atoms. The van der Waals surface area contributed by atoms with Gasteiger partial charge in [-0.1, -0.05) is 53.9 Å². The fraction of sp³-hybridized carbons (Fsp3) is 0.967. The maximum absolute atomic E-state index is 12.3. The van der Waals surface area contributed by atoms with Crippen molar-refractivity contribution >= 4 is 5.97 Å². The maximum atomic E-state index is 12.3. The first kappa shape index (κ1) is 25.1. The minimum absolute atomic E-state index is 0.147. The number of hydrogen-bond acceptors (Lipinski definition) is 4. The van der Waals surface area contributed by atoms with Gasteiger partial charge in [0.2, 0.25) is 0 Å². The van der Waals surface area contributed by atoms with E-state index in [2.05, 4.69) is 34.6 Å². The second-order valence-electron chi connectivity index (χ2n) is 14.1. The summed E-state index contributed by atoms with van der Waals surface area (Å²) >= 11 is 0. The molecule has 4 saturated carbocycles. The van der Waals surface area contributed by atoms with Crippen molar-refractivity contribution in [1.29, 1.82) is 0 Å². The molecule has 1 spiro atoms. The van der Waals surface area contributed by atoms with Gasteiger partial charge in [-0.2, -0.15) is 0 Å². The van der Waals surface area contributed by atoms with Gasteiger partial charge in [0.1, 0.15) is 17.3 Å². The normalized spacial score (nSPS) is 50.4. The summed E-state index contributed by atoms with van der Waals surface area (Å²) in [7, 11) is 0. The molecule has 0 amide bonds. The van der Waals surface area contributed by atoms with Gasteiger partial charge in [-0.15, -0.1) is 0 Å². The Morgan fingerprint density at radius 1 is 1.03 bits per heavy atom. The monoisotopic (exact) mass is 474 g/mol. The summed E-state index contributed by atoms with van der Waals surface area (Å²) in [6, 6.07) is 0. The van der Waals surface area contributed by atoms with Gasteiger partial charge in [0.15, 0.2) is 0 Å². The molecule has 10 atom stereocenters. The fourth-order valence-electron chi connectivity index (χ4n) is 10.2. The van der Waals surface area contributed by atoms with Crippen molar-refractivity contribution in [1.82, 2.24) is 0 Å². The zero-order chi connectivity index (χ0) is 24.5. The number of fused-ring (bicyclic) bond motifs is 6. The van der Waals surface area contributed by atoms with Crippen LogP contribution in [0.1, 0.15) is 112 Å². The van der Waals surface area contributed by atoms with E-state index in [1.807, 2.05) is 0 Å². The zero-order valence-corrected chi connectivity index (χ0v) is 22.7. The molecule has 0 bridgehead atoms. The Balaban J connectivity index is 1.37. The average molecular weight is 475 g/mol. The van der Waals surface area contributed by atoms with E-state index in [1.165, 1.54) is 51.9 Å². The molecular weight excluding hydrogens is 424 g/mol. The maximum Gasteiger partial charge on any atom is 0.302 e. The molecule has 4 nitrogen and oxygen atoms in total. The number of rotatable bonds is 6. The third-order valence-corrected chi connectivity index (χ3v) is 12.1. The lowest BCUT2D eigenvalue weighted by molar-refractivity contribution is -0.255. The van der Waals surface area contributed by atoms with Crippen molar-refractivity contribution in [3.8, 4) is 0 Å². The van der Waals surface area contributed by atoms with Gasteiger partial charge >= 0.3 is 5.97 Å². The van der Waals surface area contributed by atoms with Gasteiger partial charge in [0, 0.05) is 18.8 Å². The van der Waals surface area contributed by atoms with Gasteiger partial charge in [0.05, 0.1) is 6.61 Å². The van der Waals surface area contributed by atoms with Crippen LogP contribution in [-0.2, 0) is 14.3 Å². The van der Waals surface area contributed by atoms with Crippen molar-refractivity contribution in [2.45, 2.75) is 129 Å². The molecule has 0 aromatic heterocycles. The summed E-state index contributed by atoms with van der Waals surface area (Å²) in [5.41, 5.74) is -1.00. The van der Waals surface area contributed by atoms with Crippen LogP contribution in [0, 0.1) is 46.3 Å². The highest BCUT2D eigenvalue weighted by Crippen LogP contribution is 2.73. The highest BCUT2D eigenvalue weighted by molar-refractivity contribution is 5.66. The van der Waals surface area contributed by atoms with Crippen LogP contribution in [0.2, 0.25) is 0 Å². The van der Waals surface area contributed by atoms with Crippen LogP contribution < -0.4 is 0 Å². The van der Waals surface area contributed by atoms with E-state index in [9.17, 15) is 9.90 Å². The molecule has 0 aromatic rings. The lowest BCUT2D eigenvalue weighted by atomic mass is 9.40. The molecular formula is C30H50O4. The highest BCUT2D eigenvalue weighted by atomic mass is 16.6. The number of esters is 1. The number of hydrogen-bond donors (Lipinski definition) is 1. The second kappa shape index (κ2) is 8.47. The van der Waals surface area contributed by atoms with E-state index >= 15 is 0 Å². The van der Waals surface area contributed by atoms with Crippen LogP contribution in [0.25, 0.3) is 0 Å². The Kier molecular flexibility index (Phi) is 6.24. The van der Waals surface area contributed by atoms with Gasteiger partial charge in [-0.05, 0) is 85.9 Å². The third kappa shape index (κ3) is 3.63. The predicted molar refractivity (Wildman–Crippen MR) is 134 cm³/mol. The summed E-state index contributed by atoms with van der Waals surface area (Å²) in [6.45, 7) is 14.4. The van der Waals surface area contributed by atoms with Crippen molar-refractivity contribution < 1.29 is 19.4 Å². The Morgan fingerprint density at radius 2 is 1.76 bits per heavy atom. The van der Waals surface area contributed by atoms with Gasteiger partial charge in [-0.3, -0.25) is 4.79 Å². The molecule has 5 aliphatic rings. The van der Waals surface area contributed by atoms with Gasteiger partial charge in [-0.25, -0.2) is 0 Å². The van der Waals surface area contributed by atoms with Crippen LogP contribution in [0.4, 0.5) is 0 Å². The van der Waals surface area contributed by atoms with Gasteiger partial charge < -0.3 is 14.6 Å². The Bertz CT molecular complexity index is 789. The molecule has 1 N–H and O–H groups in total. The van der Waals surface area contributed by atoms with Crippen molar-refractivity contribution in [2.75, 3.05) is 6.61 Å². The van der Waals surface area contributed by atoms with Crippen LogP contribution >= 0.6 is 0 Å². The number of epoxide rings is 1. The summed E-state index contributed by atoms with van der Waals surface area (Å²) < 4.78 is 11.8. The quantitative estimate of drug-likeness (QED) is 0.351. The minimum atomic E-state index is -0.880. The first-order chi connectivity index (χ1) is 16.0. The van der Waals surface area contributed by atoms with Crippen LogP contribution in [0.15, 0.2) is 0 Å². The smallest absolute Gasteiger partial charge is 0.302 e.